The number of alkyl halides is 3. The van der Waals surface area contributed by atoms with E-state index in [1.807, 2.05) is 6.92 Å². The molecule has 0 bridgehead atoms. The summed E-state index contributed by atoms with van der Waals surface area (Å²) >= 11 is 0. The predicted octanol–water partition coefficient (Wildman–Crippen LogP) is 2.18. The largest absolute Gasteiger partial charge is 0.409 e. The molecule has 0 aromatic carbocycles. The zero-order valence-electron chi connectivity index (χ0n) is 10.2. The van der Waals surface area contributed by atoms with Crippen molar-refractivity contribution < 1.29 is 18.4 Å². The van der Waals surface area contributed by atoms with Crippen LogP contribution in [0, 0.1) is 0 Å². The minimum Gasteiger partial charge on any atom is -0.409 e. The summed E-state index contributed by atoms with van der Waals surface area (Å²) in [4.78, 5) is 1.33. The second-order valence-corrected chi connectivity index (χ2v) is 3.94. The Kier molecular flexibility index (Phi) is 6.94. The molecule has 0 aliphatic carbocycles. The number of rotatable bonds is 7. The molecule has 0 rings (SSSR count). The first-order valence-corrected chi connectivity index (χ1v) is 5.61. The van der Waals surface area contributed by atoms with Crippen molar-refractivity contribution in [3.63, 3.8) is 0 Å². The molecule has 3 N–H and O–H groups in total. The number of hydrogen-bond donors (Lipinski definition) is 2. The van der Waals surface area contributed by atoms with Crippen molar-refractivity contribution >= 4 is 5.84 Å². The first-order valence-electron chi connectivity index (χ1n) is 5.61. The zero-order valence-corrected chi connectivity index (χ0v) is 10.2. The van der Waals surface area contributed by atoms with Gasteiger partial charge in [0.15, 0.2) is 0 Å². The minimum absolute atomic E-state index is 0.0415. The van der Waals surface area contributed by atoms with Crippen LogP contribution in [0.3, 0.4) is 0 Å². The SMILES string of the molecule is CCCN(CC(F)(F)F)C(CC)CC(N)=NO. The van der Waals surface area contributed by atoms with E-state index in [0.29, 0.717) is 19.4 Å². The van der Waals surface area contributed by atoms with Crippen LogP contribution in [0.1, 0.15) is 33.1 Å². The van der Waals surface area contributed by atoms with Crippen LogP contribution in [0.2, 0.25) is 0 Å². The third-order valence-corrected chi connectivity index (χ3v) is 2.45. The molecule has 0 amide bonds. The number of hydrogen-bond acceptors (Lipinski definition) is 3. The number of amidine groups is 1. The Labute approximate surface area is 99.3 Å². The lowest BCUT2D eigenvalue weighted by atomic mass is 10.1. The standard InChI is InChI=1S/C10H20F3N3O/c1-3-5-16(7-10(11,12)13)8(4-2)6-9(14)15-17/h8,17H,3-7H2,1-2H3,(H2,14,15). The Morgan fingerprint density at radius 3 is 2.35 bits per heavy atom. The molecule has 17 heavy (non-hydrogen) atoms. The highest BCUT2D eigenvalue weighted by atomic mass is 19.4. The second kappa shape index (κ2) is 7.37. The minimum atomic E-state index is -4.23. The Balaban J connectivity index is 4.62. The monoisotopic (exact) mass is 255 g/mol. The van der Waals surface area contributed by atoms with Gasteiger partial charge in [-0.15, -0.1) is 0 Å². The zero-order chi connectivity index (χ0) is 13.5. The molecule has 0 spiro atoms. The van der Waals surface area contributed by atoms with Crippen LogP contribution < -0.4 is 5.73 Å². The van der Waals surface area contributed by atoms with Crippen LogP contribution >= 0.6 is 0 Å². The van der Waals surface area contributed by atoms with Crippen molar-refractivity contribution in [1.29, 1.82) is 0 Å². The topological polar surface area (TPSA) is 61.8 Å². The van der Waals surface area contributed by atoms with Gasteiger partial charge in [-0.05, 0) is 19.4 Å². The van der Waals surface area contributed by atoms with Gasteiger partial charge in [-0.2, -0.15) is 13.2 Å². The number of nitrogens with zero attached hydrogens (tertiary/aromatic N) is 2. The molecule has 0 aliphatic heterocycles. The van der Waals surface area contributed by atoms with Gasteiger partial charge < -0.3 is 10.9 Å². The van der Waals surface area contributed by atoms with Crippen LogP contribution in [-0.4, -0.2) is 41.3 Å². The molecular formula is C10H20F3N3O. The summed E-state index contributed by atoms with van der Waals surface area (Å²) in [6, 6.07) is -0.354. The molecule has 0 heterocycles. The molecule has 7 heteroatoms. The normalized spacial score (nSPS) is 15.3. The van der Waals surface area contributed by atoms with Crippen molar-refractivity contribution in [3.05, 3.63) is 0 Å². The van der Waals surface area contributed by atoms with E-state index in [2.05, 4.69) is 5.16 Å². The highest BCUT2D eigenvalue weighted by Gasteiger charge is 2.33. The molecule has 102 valence electrons. The summed E-state index contributed by atoms with van der Waals surface area (Å²) in [5.41, 5.74) is 5.34. The van der Waals surface area contributed by atoms with E-state index in [-0.39, 0.29) is 18.3 Å². The van der Waals surface area contributed by atoms with Crippen LogP contribution in [0.25, 0.3) is 0 Å². The summed E-state index contributed by atoms with van der Waals surface area (Å²) in [5.74, 6) is -0.0415. The molecular weight excluding hydrogens is 235 g/mol. The molecule has 0 saturated carbocycles. The smallest absolute Gasteiger partial charge is 0.401 e. The Morgan fingerprint density at radius 1 is 1.41 bits per heavy atom. The molecule has 0 aromatic heterocycles. The first kappa shape index (κ1) is 16.0. The fourth-order valence-corrected chi connectivity index (χ4v) is 1.72. The van der Waals surface area contributed by atoms with Crippen molar-refractivity contribution in [3.8, 4) is 0 Å². The summed E-state index contributed by atoms with van der Waals surface area (Å²) in [6.45, 7) is 2.99. The van der Waals surface area contributed by atoms with Gasteiger partial charge in [0.2, 0.25) is 0 Å². The molecule has 1 atom stereocenters. The molecule has 0 radical (unpaired) electrons. The third-order valence-electron chi connectivity index (χ3n) is 2.45. The lowest BCUT2D eigenvalue weighted by Crippen LogP contribution is -2.43. The van der Waals surface area contributed by atoms with Crippen LogP contribution in [0.5, 0.6) is 0 Å². The van der Waals surface area contributed by atoms with Gasteiger partial charge in [0.25, 0.3) is 0 Å². The Morgan fingerprint density at radius 2 is 2.00 bits per heavy atom. The molecule has 1 unspecified atom stereocenters. The fraction of sp³-hybridized carbons (Fsp3) is 0.900. The summed E-state index contributed by atoms with van der Waals surface area (Å²) in [6.07, 6.45) is -2.94. The van der Waals surface area contributed by atoms with E-state index >= 15 is 0 Å². The summed E-state index contributed by atoms with van der Waals surface area (Å²) in [5, 5.41) is 11.2. The average Bonchev–Trinajstić information content (AvgIpc) is 2.23. The maximum Gasteiger partial charge on any atom is 0.401 e. The second-order valence-electron chi connectivity index (χ2n) is 3.94. The average molecular weight is 255 g/mol. The van der Waals surface area contributed by atoms with E-state index in [9.17, 15) is 13.2 Å². The van der Waals surface area contributed by atoms with Crippen molar-refractivity contribution in [2.75, 3.05) is 13.1 Å². The lowest BCUT2D eigenvalue weighted by Gasteiger charge is -2.31. The van der Waals surface area contributed by atoms with Crippen molar-refractivity contribution in [1.82, 2.24) is 4.90 Å². The van der Waals surface area contributed by atoms with E-state index in [4.69, 9.17) is 10.9 Å². The maximum absolute atomic E-state index is 12.4. The molecule has 0 fully saturated rings. The molecule has 0 aliphatic rings. The van der Waals surface area contributed by atoms with E-state index in [1.165, 1.54) is 4.90 Å². The van der Waals surface area contributed by atoms with Gasteiger partial charge >= 0.3 is 6.18 Å². The van der Waals surface area contributed by atoms with Crippen LogP contribution in [0.4, 0.5) is 13.2 Å². The molecule has 0 saturated heterocycles. The lowest BCUT2D eigenvalue weighted by molar-refractivity contribution is -0.150. The molecule has 0 aromatic rings. The Hall–Kier alpha value is -0.980. The predicted molar refractivity (Wildman–Crippen MR) is 60.0 cm³/mol. The van der Waals surface area contributed by atoms with E-state index < -0.39 is 12.7 Å². The highest BCUT2D eigenvalue weighted by molar-refractivity contribution is 5.80. The van der Waals surface area contributed by atoms with Gasteiger partial charge in [-0.3, -0.25) is 4.90 Å². The van der Waals surface area contributed by atoms with Gasteiger partial charge in [0, 0.05) is 12.5 Å². The third kappa shape index (κ3) is 7.04. The highest BCUT2D eigenvalue weighted by Crippen LogP contribution is 2.20. The first-order chi connectivity index (χ1) is 7.84. The van der Waals surface area contributed by atoms with Crippen LogP contribution in [0.15, 0.2) is 5.16 Å². The Bertz CT molecular complexity index is 243. The summed E-state index contributed by atoms with van der Waals surface area (Å²) in [7, 11) is 0. The maximum atomic E-state index is 12.4. The van der Waals surface area contributed by atoms with E-state index in [1.54, 1.807) is 6.92 Å². The number of nitrogens with two attached hydrogens (primary N) is 1. The van der Waals surface area contributed by atoms with Crippen molar-refractivity contribution in [2.45, 2.75) is 45.3 Å². The molecule has 4 nitrogen and oxygen atoms in total. The van der Waals surface area contributed by atoms with Gasteiger partial charge in [0.05, 0.1) is 6.54 Å². The van der Waals surface area contributed by atoms with Gasteiger partial charge in [0.1, 0.15) is 5.84 Å². The quantitative estimate of drug-likeness (QED) is 0.317. The fourth-order valence-electron chi connectivity index (χ4n) is 1.72. The number of halogens is 3. The number of oxime groups is 1. The van der Waals surface area contributed by atoms with Crippen molar-refractivity contribution in [2.24, 2.45) is 10.9 Å². The van der Waals surface area contributed by atoms with Gasteiger partial charge in [-0.1, -0.05) is 19.0 Å². The van der Waals surface area contributed by atoms with E-state index in [0.717, 1.165) is 0 Å². The summed E-state index contributed by atoms with van der Waals surface area (Å²) < 4.78 is 37.2. The van der Waals surface area contributed by atoms with Gasteiger partial charge in [-0.25, -0.2) is 0 Å². The van der Waals surface area contributed by atoms with Crippen LogP contribution in [-0.2, 0) is 0 Å².